The van der Waals surface area contributed by atoms with Crippen molar-refractivity contribution in [2.45, 2.75) is 13.3 Å². The fraction of sp³-hybridized carbons (Fsp3) is 0.333. The summed E-state index contributed by atoms with van der Waals surface area (Å²) < 4.78 is 9.66. The van der Waals surface area contributed by atoms with Gasteiger partial charge in [-0.2, -0.15) is 0 Å². The number of rotatable bonds is 4. The molecule has 1 aromatic rings. The average Bonchev–Trinajstić information content (AvgIpc) is 2.28. The van der Waals surface area contributed by atoms with Crippen molar-refractivity contribution in [1.82, 2.24) is 0 Å². The molecule has 0 aliphatic heterocycles. The number of ether oxygens (including phenoxy) is 2. The van der Waals surface area contributed by atoms with Crippen LogP contribution in [-0.4, -0.2) is 26.5 Å². The van der Waals surface area contributed by atoms with Crippen LogP contribution in [-0.2, 0) is 16.0 Å². The van der Waals surface area contributed by atoms with Gasteiger partial charge >= 0.3 is 5.97 Å². The number of methoxy groups -OCH3 is 2. The minimum absolute atomic E-state index is 0.0720. The average molecular weight is 222 g/mol. The molecule has 0 saturated heterocycles. The molecule has 0 aromatic heterocycles. The number of aryl methyl sites for hydroxylation is 1. The van der Waals surface area contributed by atoms with E-state index in [1.807, 2.05) is 6.92 Å². The van der Waals surface area contributed by atoms with E-state index in [4.69, 9.17) is 4.74 Å². The van der Waals surface area contributed by atoms with Crippen molar-refractivity contribution in [2.24, 2.45) is 0 Å². The Labute approximate surface area is 94.2 Å². The lowest BCUT2D eigenvalue weighted by Gasteiger charge is -2.10. The summed E-state index contributed by atoms with van der Waals surface area (Å²) in [6.07, 6.45) is 0.763. The van der Waals surface area contributed by atoms with Gasteiger partial charge in [0.1, 0.15) is 5.75 Å². The quantitative estimate of drug-likeness (QED) is 0.572. The predicted molar refractivity (Wildman–Crippen MR) is 58.8 cm³/mol. The Bertz CT molecular complexity index is 410. The Morgan fingerprint density at radius 2 is 2.06 bits per heavy atom. The van der Waals surface area contributed by atoms with Gasteiger partial charge in [0.2, 0.25) is 0 Å². The maximum atomic E-state index is 11.2. The first-order valence-corrected chi connectivity index (χ1v) is 4.82. The van der Waals surface area contributed by atoms with Crippen LogP contribution in [0.15, 0.2) is 12.1 Å². The molecule has 0 amide bonds. The largest absolute Gasteiger partial charge is 0.496 e. The minimum Gasteiger partial charge on any atom is -0.496 e. The van der Waals surface area contributed by atoms with Crippen LogP contribution >= 0.6 is 0 Å². The summed E-state index contributed by atoms with van der Waals surface area (Å²) in [5.74, 6) is 0.102. The van der Waals surface area contributed by atoms with E-state index in [0.29, 0.717) is 23.2 Å². The van der Waals surface area contributed by atoms with Gasteiger partial charge in [0.25, 0.3) is 0 Å². The molecule has 0 aliphatic carbocycles. The van der Waals surface area contributed by atoms with Crippen LogP contribution < -0.4 is 4.74 Å². The normalized spacial score (nSPS) is 9.69. The molecule has 1 aromatic carbocycles. The summed E-state index contributed by atoms with van der Waals surface area (Å²) in [5.41, 5.74) is 1.96. The van der Waals surface area contributed by atoms with Gasteiger partial charge in [-0.25, -0.2) is 0 Å². The van der Waals surface area contributed by atoms with Crippen molar-refractivity contribution >= 4 is 12.3 Å². The zero-order valence-corrected chi connectivity index (χ0v) is 9.57. The van der Waals surface area contributed by atoms with Gasteiger partial charge in [-0.15, -0.1) is 0 Å². The summed E-state index contributed by atoms with van der Waals surface area (Å²) in [4.78, 5) is 22.1. The van der Waals surface area contributed by atoms with Gasteiger partial charge < -0.3 is 9.47 Å². The van der Waals surface area contributed by atoms with Crippen molar-refractivity contribution in [2.75, 3.05) is 14.2 Å². The van der Waals surface area contributed by atoms with Crippen LogP contribution in [0, 0.1) is 6.92 Å². The van der Waals surface area contributed by atoms with E-state index in [1.54, 1.807) is 12.1 Å². The fourth-order valence-electron chi connectivity index (χ4n) is 1.51. The molecule has 0 bridgehead atoms. The second-order valence-electron chi connectivity index (χ2n) is 3.41. The number of esters is 1. The first-order chi connectivity index (χ1) is 7.62. The first-order valence-electron chi connectivity index (χ1n) is 4.82. The highest BCUT2D eigenvalue weighted by atomic mass is 16.5. The molecule has 4 nitrogen and oxygen atoms in total. The summed E-state index contributed by atoms with van der Waals surface area (Å²) in [6.45, 7) is 1.87. The van der Waals surface area contributed by atoms with E-state index in [9.17, 15) is 9.59 Å². The van der Waals surface area contributed by atoms with Crippen LogP contribution in [0.5, 0.6) is 5.75 Å². The third-order valence-electron chi connectivity index (χ3n) is 2.27. The molecule has 0 N–H and O–H groups in total. The Kier molecular flexibility index (Phi) is 4.05. The number of hydrogen-bond donors (Lipinski definition) is 0. The van der Waals surface area contributed by atoms with Crippen molar-refractivity contribution in [3.05, 3.63) is 28.8 Å². The van der Waals surface area contributed by atoms with Crippen molar-refractivity contribution < 1.29 is 19.1 Å². The Morgan fingerprint density at radius 3 is 2.56 bits per heavy atom. The zero-order chi connectivity index (χ0) is 12.1. The summed E-state index contributed by atoms with van der Waals surface area (Å²) in [6, 6.07) is 3.54. The van der Waals surface area contributed by atoms with E-state index in [-0.39, 0.29) is 12.4 Å². The molecule has 86 valence electrons. The molecule has 0 heterocycles. The van der Waals surface area contributed by atoms with Gasteiger partial charge in [0.15, 0.2) is 6.29 Å². The highest BCUT2D eigenvalue weighted by Gasteiger charge is 2.13. The monoisotopic (exact) mass is 222 g/mol. The van der Waals surface area contributed by atoms with Crippen molar-refractivity contribution in [3.8, 4) is 5.75 Å². The second-order valence-corrected chi connectivity index (χ2v) is 3.41. The molecule has 0 spiro atoms. The summed E-state index contributed by atoms with van der Waals surface area (Å²) in [5, 5.41) is 0. The van der Waals surface area contributed by atoms with Gasteiger partial charge in [0.05, 0.1) is 26.2 Å². The number of carbonyl (C=O) groups is 2. The molecule has 0 fully saturated rings. The minimum atomic E-state index is -0.379. The number of hydrogen-bond acceptors (Lipinski definition) is 4. The van der Waals surface area contributed by atoms with Crippen LogP contribution in [0.4, 0.5) is 0 Å². The van der Waals surface area contributed by atoms with Gasteiger partial charge in [-0.1, -0.05) is 6.07 Å². The number of benzene rings is 1. The molecule has 16 heavy (non-hydrogen) atoms. The second kappa shape index (κ2) is 5.30. The highest BCUT2D eigenvalue weighted by Crippen LogP contribution is 2.23. The van der Waals surface area contributed by atoms with E-state index in [1.165, 1.54) is 14.2 Å². The first kappa shape index (κ1) is 12.2. The smallest absolute Gasteiger partial charge is 0.310 e. The number of carbonyl (C=O) groups excluding carboxylic acids is 2. The van der Waals surface area contributed by atoms with Crippen LogP contribution in [0.25, 0.3) is 0 Å². The third-order valence-corrected chi connectivity index (χ3v) is 2.27. The standard InChI is InChI=1S/C12H14O4/c1-8-4-9(6-12(14)16-3)10(7-13)11(5-8)15-2/h4-5,7H,6H2,1-3H3. The molecule has 0 radical (unpaired) electrons. The van der Waals surface area contributed by atoms with Crippen LogP contribution in [0.3, 0.4) is 0 Å². The topological polar surface area (TPSA) is 52.6 Å². The molecule has 4 heteroatoms. The highest BCUT2D eigenvalue weighted by molar-refractivity contribution is 5.85. The van der Waals surface area contributed by atoms with Crippen LogP contribution in [0.2, 0.25) is 0 Å². The Morgan fingerprint density at radius 1 is 1.38 bits per heavy atom. The molecule has 1 rings (SSSR count). The maximum Gasteiger partial charge on any atom is 0.310 e. The predicted octanol–water partition coefficient (Wildman–Crippen LogP) is 1.53. The SMILES string of the molecule is COC(=O)Cc1cc(C)cc(OC)c1C=O. The van der Waals surface area contributed by atoms with E-state index in [2.05, 4.69) is 4.74 Å². The molecule has 0 aliphatic rings. The van der Waals surface area contributed by atoms with E-state index < -0.39 is 0 Å². The van der Waals surface area contributed by atoms with Crippen LogP contribution in [0.1, 0.15) is 21.5 Å². The fourth-order valence-corrected chi connectivity index (χ4v) is 1.51. The number of aldehydes is 1. The molecular weight excluding hydrogens is 208 g/mol. The lowest BCUT2D eigenvalue weighted by atomic mass is 10.0. The molecular formula is C12H14O4. The Balaban J connectivity index is 3.19. The molecule has 0 atom stereocenters. The lowest BCUT2D eigenvalue weighted by Crippen LogP contribution is -2.08. The van der Waals surface area contributed by atoms with Gasteiger partial charge in [-0.05, 0) is 24.1 Å². The van der Waals surface area contributed by atoms with Crippen molar-refractivity contribution in [1.29, 1.82) is 0 Å². The maximum absolute atomic E-state index is 11.2. The summed E-state index contributed by atoms with van der Waals surface area (Å²) >= 11 is 0. The zero-order valence-electron chi connectivity index (χ0n) is 9.57. The summed E-state index contributed by atoms with van der Waals surface area (Å²) in [7, 11) is 2.81. The van der Waals surface area contributed by atoms with Crippen molar-refractivity contribution in [3.63, 3.8) is 0 Å². The van der Waals surface area contributed by atoms with E-state index in [0.717, 1.165) is 5.56 Å². The van der Waals surface area contributed by atoms with Gasteiger partial charge in [0, 0.05) is 0 Å². The van der Waals surface area contributed by atoms with E-state index >= 15 is 0 Å². The molecule has 0 unspecified atom stereocenters. The van der Waals surface area contributed by atoms with Gasteiger partial charge in [-0.3, -0.25) is 9.59 Å². The molecule has 0 saturated carbocycles. The third kappa shape index (κ3) is 2.59. The lowest BCUT2D eigenvalue weighted by molar-refractivity contribution is -0.139. The Hall–Kier alpha value is -1.84.